The van der Waals surface area contributed by atoms with Crippen LogP contribution < -0.4 is 0 Å². The van der Waals surface area contributed by atoms with Crippen molar-refractivity contribution in [1.29, 1.82) is 0 Å². The van der Waals surface area contributed by atoms with Crippen LogP contribution in [0.15, 0.2) is 34.8 Å². The summed E-state index contributed by atoms with van der Waals surface area (Å²) in [7, 11) is 0. The number of aliphatic hydroxyl groups excluding tert-OH is 1. The molecule has 3 unspecified atom stereocenters. The Balaban J connectivity index is 2.47. The van der Waals surface area contributed by atoms with Crippen LogP contribution in [0.25, 0.3) is 6.08 Å². The van der Waals surface area contributed by atoms with E-state index in [1.54, 1.807) is 25.2 Å². The van der Waals surface area contributed by atoms with Crippen LogP contribution in [0.3, 0.4) is 0 Å². The van der Waals surface area contributed by atoms with Gasteiger partial charge in [0, 0.05) is 11.3 Å². The van der Waals surface area contributed by atoms with E-state index in [0.717, 1.165) is 30.0 Å². The average molecular weight is 476 g/mol. The van der Waals surface area contributed by atoms with E-state index >= 15 is 0 Å². The molecule has 184 valence electrons. The molecule has 0 aliphatic heterocycles. The molecule has 0 fully saturated rings. The molecule has 1 rings (SSSR count). The summed E-state index contributed by atoms with van der Waals surface area (Å²) in [5, 5.41) is 22.2. The third-order valence-electron chi connectivity index (χ3n) is 5.98. The smallest absolute Gasteiger partial charge is 0.306 e. The topological polar surface area (TPSA) is 87.5 Å². The number of carbonyl (C=O) groups is 2. The van der Waals surface area contributed by atoms with Crippen LogP contribution >= 0.6 is 11.3 Å². The maximum Gasteiger partial charge on any atom is 0.306 e. The number of hydrogen-bond donors (Lipinski definition) is 2. The molecule has 1 heterocycles. The molecule has 0 bridgehead atoms. The van der Waals surface area contributed by atoms with E-state index in [1.165, 1.54) is 11.1 Å². The summed E-state index contributed by atoms with van der Waals surface area (Å²) in [5.74, 6) is -1.23. The Hall–Kier alpha value is -2.05. The number of rotatable bonds is 14. The van der Waals surface area contributed by atoms with E-state index in [0.29, 0.717) is 6.42 Å². The normalized spacial score (nSPS) is 16.1. The fraction of sp³-hybridized carbons (Fsp3) is 0.593. The first kappa shape index (κ1) is 29.0. The third kappa shape index (κ3) is 10.6. The van der Waals surface area contributed by atoms with Gasteiger partial charge in [-0.3, -0.25) is 9.59 Å². The van der Waals surface area contributed by atoms with Crippen LogP contribution in [-0.4, -0.2) is 33.1 Å². The molecule has 0 amide bonds. The summed E-state index contributed by atoms with van der Waals surface area (Å²) in [6.07, 6.45) is 10.7. The molecule has 0 radical (unpaired) electrons. The highest BCUT2D eigenvalue weighted by Crippen LogP contribution is 2.30. The number of hydrogen-bond acceptors (Lipinski definition) is 5. The lowest BCUT2D eigenvalue weighted by Crippen LogP contribution is -2.41. The molecule has 0 aliphatic carbocycles. The van der Waals surface area contributed by atoms with E-state index < -0.39 is 23.9 Å². The largest absolute Gasteiger partial charge is 0.481 e. The molecule has 3 atom stereocenters. The second-order valence-corrected chi connectivity index (χ2v) is 10.9. The van der Waals surface area contributed by atoms with Crippen molar-refractivity contribution in [2.45, 2.75) is 86.7 Å². The standard InChI is InChI=1S/C27H41NO4S/c1-18(11-9-13-20(3)15-23-17-33-22(5)28-23)10-8-12-19(2)14-21(4)26(32)27(6,7)24(29)16-25(30)31/h8,11-12,15,17,19,21,24,29H,9-10,13-14,16H2,1-7H3,(H,30,31)/b12-8+,18-11-,20-15+. The minimum atomic E-state index is -1.19. The molecule has 0 saturated carbocycles. The lowest BCUT2D eigenvalue weighted by atomic mass is 9.74. The zero-order chi connectivity index (χ0) is 25.2. The Labute approximate surface area is 203 Å². The predicted molar refractivity (Wildman–Crippen MR) is 137 cm³/mol. The number of Topliss-reactive ketones (excluding diaryl/α,β-unsaturated/α-hetero) is 1. The summed E-state index contributed by atoms with van der Waals surface area (Å²) < 4.78 is 0. The monoisotopic (exact) mass is 475 g/mol. The number of ketones is 1. The molecule has 0 saturated heterocycles. The van der Waals surface area contributed by atoms with Crippen molar-refractivity contribution < 1.29 is 19.8 Å². The average Bonchev–Trinajstić information content (AvgIpc) is 3.11. The van der Waals surface area contributed by atoms with Gasteiger partial charge in [0.2, 0.25) is 0 Å². The van der Waals surface area contributed by atoms with Gasteiger partial charge in [-0.25, -0.2) is 4.98 Å². The quantitative estimate of drug-likeness (QED) is 0.295. The predicted octanol–water partition coefficient (Wildman–Crippen LogP) is 6.62. The van der Waals surface area contributed by atoms with Crippen LogP contribution in [-0.2, 0) is 9.59 Å². The molecule has 0 aliphatic rings. The summed E-state index contributed by atoms with van der Waals surface area (Å²) in [4.78, 5) is 28.2. The summed E-state index contributed by atoms with van der Waals surface area (Å²) in [6.45, 7) is 13.5. The highest BCUT2D eigenvalue weighted by molar-refractivity contribution is 7.09. The van der Waals surface area contributed by atoms with Gasteiger partial charge in [-0.15, -0.1) is 11.3 Å². The molecule has 0 aromatic carbocycles. The summed E-state index contributed by atoms with van der Waals surface area (Å²) in [5.41, 5.74) is 2.60. The van der Waals surface area contributed by atoms with Gasteiger partial charge >= 0.3 is 5.97 Å². The Morgan fingerprint density at radius 2 is 1.88 bits per heavy atom. The molecular weight excluding hydrogens is 434 g/mol. The van der Waals surface area contributed by atoms with Crippen LogP contribution in [0.1, 0.15) is 84.3 Å². The molecule has 6 heteroatoms. The van der Waals surface area contributed by atoms with Crippen LogP contribution in [0, 0.1) is 24.2 Å². The fourth-order valence-corrected chi connectivity index (χ4v) is 4.42. The van der Waals surface area contributed by atoms with E-state index in [9.17, 15) is 14.7 Å². The van der Waals surface area contributed by atoms with Gasteiger partial charge in [0.15, 0.2) is 0 Å². The maximum absolute atomic E-state index is 12.8. The van der Waals surface area contributed by atoms with Crippen molar-refractivity contribution in [3.8, 4) is 0 Å². The number of aromatic nitrogens is 1. The Kier molecular flexibility index (Phi) is 12.0. The fourth-order valence-electron chi connectivity index (χ4n) is 3.85. The zero-order valence-corrected chi connectivity index (χ0v) is 22.0. The van der Waals surface area contributed by atoms with Gasteiger partial charge < -0.3 is 10.2 Å². The number of carboxylic acid groups (broad SMARTS) is 1. The number of aryl methyl sites for hydroxylation is 1. The molecule has 1 aromatic rings. The summed E-state index contributed by atoms with van der Waals surface area (Å²) >= 11 is 1.67. The van der Waals surface area contributed by atoms with E-state index in [1.807, 2.05) is 13.8 Å². The Bertz CT molecular complexity index is 878. The van der Waals surface area contributed by atoms with Gasteiger partial charge in [-0.2, -0.15) is 0 Å². The minimum absolute atomic E-state index is 0.0937. The molecular formula is C27H41NO4S. The molecule has 33 heavy (non-hydrogen) atoms. The van der Waals surface area contributed by atoms with Crippen LogP contribution in [0.5, 0.6) is 0 Å². The summed E-state index contributed by atoms with van der Waals surface area (Å²) in [6, 6.07) is 0. The SMILES string of the molecule is C/C(=C/CC/C(C)=C/c1csc(C)n1)C/C=C/C(C)CC(C)C(=O)C(C)(C)C(O)CC(=O)O. The van der Waals surface area contributed by atoms with Gasteiger partial charge in [0.25, 0.3) is 0 Å². The lowest BCUT2D eigenvalue weighted by Gasteiger charge is -2.31. The first-order valence-corrected chi connectivity index (χ1v) is 12.6. The first-order chi connectivity index (χ1) is 15.3. The van der Waals surface area contributed by atoms with Gasteiger partial charge in [-0.1, -0.05) is 57.1 Å². The first-order valence-electron chi connectivity index (χ1n) is 11.7. The Morgan fingerprint density at radius 3 is 2.45 bits per heavy atom. The number of nitrogens with zero attached hydrogens (tertiary/aromatic N) is 1. The molecule has 1 aromatic heterocycles. The highest BCUT2D eigenvalue weighted by atomic mass is 32.1. The van der Waals surface area contributed by atoms with Gasteiger partial charge in [-0.05, 0) is 58.4 Å². The molecule has 0 spiro atoms. The highest BCUT2D eigenvalue weighted by Gasteiger charge is 2.39. The van der Waals surface area contributed by atoms with Crippen molar-refractivity contribution in [1.82, 2.24) is 4.98 Å². The van der Waals surface area contributed by atoms with Crippen molar-refractivity contribution in [2.75, 3.05) is 0 Å². The Morgan fingerprint density at radius 1 is 1.21 bits per heavy atom. The van der Waals surface area contributed by atoms with E-state index in [-0.39, 0.29) is 17.6 Å². The van der Waals surface area contributed by atoms with Crippen LogP contribution in [0.4, 0.5) is 0 Å². The second-order valence-electron chi connectivity index (χ2n) is 9.82. The maximum atomic E-state index is 12.8. The number of aliphatic hydroxyl groups is 1. The lowest BCUT2D eigenvalue weighted by molar-refractivity contribution is -0.145. The van der Waals surface area contributed by atoms with Crippen molar-refractivity contribution in [2.24, 2.45) is 17.3 Å². The second kappa shape index (κ2) is 13.6. The van der Waals surface area contributed by atoms with Crippen molar-refractivity contribution in [3.63, 3.8) is 0 Å². The van der Waals surface area contributed by atoms with Gasteiger partial charge in [0.1, 0.15) is 5.78 Å². The molecule has 5 nitrogen and oxygen atoms in total. The third-order valence-corrected chi connectivity index (χ3v) is 6.77. The number of carboxylic acids is 1. The number of thiazole rings is 1. The minimum Gasteiger partial charge on any atom is -0.481 e. The van der Waals surface area contributed by atoms with E-state index in [4.69, 9.17) is 5.11 Å². The molecule has 2 N–H and O–H groups in total. The van der Waals surface area contributed by atoms with Crippen LogP contribution in [0.2, 0.25) is 0 Å². The number of carbonyl (C=O) groups excluding carboxylic acids is 1. The zero-order valence-electron chi connectivity index (χ0n) is 21.2. The number of aliphatic carboxylic acids is 1. The van der Waals surface area contributed by atoms with E-state index in [2.05, 4.69) is 55.4 Å². The van der Waals surface area contributed by atoms with Crippen molar-refractivity contribution >= 4 is 29.2 Å². The van der Waals surface area contributed by atoms with Gasteiger partial charge in [0.05, 0.1) is 28.6 Å². The number of allylic oxidation sites excluding steroid dienone is 5. The van der Waals surface area contributed by atoms with Crippen molar-refractivity contribution in [3.05, 3.63) is 45.5 Å².